The van der Waals surface area contributed by atoms with Gasteiger partial charge in [-0.15, -0.1) is 0 Å². The molecule has 1 aromatic heterocycles. The Balaban J connectivity index is 2.33. The average Bonchev–Trinajstić information content (AvgIpc) is 2.43. The zero-order chi connectivity index (χ0) is 14.5. The number of nitrogens with one attached hydrogen (secondary N) is 1. The molecule has 0 saturated heterocycles. The van der Waals surface area contributed by atoms with E-state index in [2.05, 4.69) is 62.3 Å². The van der Waals surface area contributed by atoms with Crippen molar-refractivity contribution in [1.82, 2.24) is 10.3 Å². The van der Waals surface area contributed by atoms with E-state index in [1.165, 1.54) is 27.8 Å². The summed E-state index contributed by atoms with van der Waals surface area (Å²) in [6, 6.07) is 9.02. The fourth-order valence-corrected chi connectivity index (χ4v) is 2.79. The van der Waals surface area contributed by atoms with Gasteiger partial charge >= 0.3 is 0 Å². The van der Waals surface area contributed by atoms with Gasteiger partial charge in [-0.2, -0.15) is 0 Å². The Morgan fingerprint density at radius 2 is 1.75 bits per heavy atom. The molecule has 1 aromatic carbocycles. The normalized spacial score (nSPS) is 12.4. The van der Waals surface area contributed by atoms with Gasteiger partial charge in [0, 0.05) is 18.4 Å². The van der Waals surface area contributed by atoms with Crippen LogP contribution in [0.5, 0.6) is 0 Å². The molecule has 0 aliphatic rings. The van der Waals surface area contributed by atoms with Gasteiger partial charge in [-0.25, -0.2) is 0 Å². The van der Waals surface area contributed by atoms with Crippen molar-refractivity contribution in [2.45, 2.75) is 40.2 Å². The van der Waals surface area contributed by atoms with Crippen LogP contribution in [0.15, 0.2) is 36.7 Å². The van der Waals surface area contributed by atoms with Gasteiger partial charge in [-0.3, -0.25) is 4.98 Å². The first-order valence-corrected chi connectivity index (χ1v) is 7.32. The van der Waals surface area contributed by atoms with Crippen molar-refractivity contribution in [2.75, 3.05) is 6.54 Å². The van der Waals surface area contributed by atoms with Crippen molar-refractivity contribution >= 4 is 0 Å². The third-order valence-electron chi connectivity index (χ3n) is 3.94. The predicted molar refractivity (Wildman–Crippen MR) is 85.0 cm³/mol. The number of aryl methyl sites for hydroxylation is 3. The highest BCUT2D eigenvalue weighted by molar-refractivity contribution is 5.36. The minimum Gasteiger partial charge on any atom is -0.310 e. The topological polar surface area (TPSA) is 24.9 Å². The zero-order valence-corrected chi connectivity index (χ0v) is 12.9. The van der Waals surface area contributed by atoms with Crippen LogP contribution in [-0.2, 0) is 6.42 Å². The second-order valence-electron chi connectivity index (χ2n) is 5.42. The SMILES string of the molecule is CCNC(Cc1c(C)cccc1C)c1ccncc1C. The van der Waals surface area contributed by atoms with E-state index in [0.717, 1.165) is 13.0 Å². The number of hydrogen-bond acceptors (Lipinski definition) is 2. The minimum absolute atomic E-state index is 0.350. The van der Waals surface area contributed by atoms with Crippen LogP contribution in [0.2, 0.25) is 0 Å². The van der Waals surface area contributed by atoms with Crippen molar-refractivity contribution < 1.29 is 0 Å². The first-order chi connectivity index (χ1) is 9.63. The van der Waals surface area contributed by atoms with E-state index in [-0.39, 0.29) is 0 Å². The summed E-state index contributed by atoms with van der Waals surface area (Å²) in [7, 11) is 0. The minimum atomic E-state index is 0.350. The molecule has 0 aliphatic carbocycles. The molecule has 1 unspecified atom stereocenters. The van der Waals surface area contributed by atoms with Gasteiger partial charge < -0.3 is 5.32 Å². The summed E-state index contributed by atoms with van der Waals surface area (Å²) in [6.45, 7) is 9.67. The Kier molecular flexibility index (Phi) is 4.91. The van der Waals surface area contributed by atoms with E-state index in [4.69, 9.17) is 0 Å². The fourth-order valence-electron chi connectivity index (χ4n) is 2.79. The van der Waals surface area contributed by atoms with Crippen LogP contribution in [0.25, 0.3) is 0 Å². The number of likely N-dealkylation sites (N-methyl/N-ethyl adjacent to an activating group) is 1. The van der Waals surface area contributed by atoms with Crippen molar-refractivity contribution in [3.8, 4) is 0 Å². The highest BCUT2D eigenvalue weighted by Gasteiger charge is 2.15. The molecule has 0 bridgehead atoms. The summed E-state index contributed by atoms with van der Waals surface area (Å²) in [5.74, 6) is 0. The van der Waals surface area contributed by atoms with E-state index in [9.17, 15) is 0 Å². The third kappa shape index (κ3) is 3.26. The molecular weight excluding hydrogens is 244 g/mol. The number of nitrogens with zero attached hydrogens (tertiary/aromatic N) is 1. The first-order valence-electron chi connectivity index (χ1n) is 7.32. The molecule has 2 aromatic rings. The molecule has 106 valence electrons. The van der Waals surface area contributed by atoms with Crippen LogP contribution in [0.3, 0.4) is 0 Å². The highest BCUT2D eigenvalue weighted by atomic mass is 14.9. The predicted octanol–water partition coefficient (Wildman–Crippen LogP) is 3.90. The third-order valence-corrected chi connectivity index (χ3v) is 3.94. The number of rotatable bonds is 5. The van der Waals surface area contributed by atoms with Gasteiger partial charge in [0.15, 0.2) is 0 Å². The molecule has 2 rings (SSSR count). The molecular formula is C18H24N2. The van der Waals surface area contributed by atoms with E-state index >= 15 is 0 Å². The molecule has 1 heterocycles. The highest BCUT2D eigenvalue weighted by Crippen LogP contribution is 2.24. The number of pyridine rings is 1. The molecule has 0 saturated carbocycles. The summed E-state index contributed by atoms with van der Waals surface area (Å²) in [4.78, 5) is 4.20. The lowest BCUT2D eigenvalue weighted by Crippen LogP contribution is -2.24. The van der Waals surface area contributed by atoms with E-state index in [1.807, 2.05) is 12.4 Å². The van der Waals surface area contributed by atoms with Gasteiger partial charge in [0.05, 0.1) is 0 Å². The van der Waals surface area contributed by atoms with E-state index in [0.29, 0.717) is 6.04 Å². The van der Waals surface area contributed by atoms with Crippen LogP contribution in [0, 0.1) is 20.8 Å². The van der Waals surface area contributed by atoms with E-state index < -0.39 is 0 Å². The van der Waals surface area contributed by atoms with Crippen molar-refractivity contribution in [1.29, 1.82) is 0 Å². The number of hydrogen-bond donors (Lipinski definition) is 1. The smallest absolute Gasteiger partial charge is 0.0364 e. The van der Waals surface area contributed by atoms with Crippen molar-refractivity contribution in [3.05, 3.63) is 64.5 Å². The number of aromatic nitrogens is 1. The zero-order valence-electron chi connectivity index (χ0n) is 12.9. The lowest BCUT2D eigenvalue weighted by molar-refractivity contribution is 0.544. The molecule has 2 nitrogen and oxygen atoms in total. The van der Waals surface area contributed by atoms with Crippen LogP contribution in [0.4, 0.5) is 0 Å². The van der Waals surface area contributed by atoms with Gasteiger partial charge in [0.2, 0.25) is 0 Å². The van der Waals surface area contributed by atoms with Crippen LogP contribution in [-0.4, -0.2) is 11.5 Å². The summed E-state index contributed by atoms with van der Waals surface area (Å²) in [6.07, 6.45) is 4.86. The molecule has 20 heavy (non-hydrogen) atoms. The maximum Gasteiger partial charge on any atom is 0.0364 e. The van der Waals surface area contributed by atoms with Gasteiger partial charge in [-0.05, 0) is 67.6 Å². The van der Waals surface area contributed by atoms with Gasteiger partial charge in [0.1, 0.15) is 0 Å². The summed E-state index contributed by atoms with van der Waals surface area (Å²) < 4.78 is 0. The molecule has 0 fully saturated rings. The number of benzene rings is 1. The van der Waals surface area contributed by atoms with Crippen LogP contribution in [0.1, 0.15) is 40.8 Å². The van der Waals surface area contributed by atoms with Gasteiger partial charge in [0.25, 0.3) is 0 Å². The molecule has 0 spiro atoms. The van der Waals surface area contributed by atoms with Crippen LogP contribution < -0.4 is 5.32 Å². The summed E-state index contributed by atoms with van der Waals surface area (Å²) >= 11 is 0. The quantitative estimate of drug-likeness (QED) is 0.889. The first kappa shape index (κ1) is 14.7. The maximum absolute atomic E-state index is 4.20. The monoisotopic (exact) mass is 268 g/mol. The maximum atomic E-state index is 4.20. The molecule has 1 N–H and O–H groups in total. The average molecular weight is 268 g/mol. The Morgan fingerprint density at radius 3 is 2.35 bits per heavy atom. The fraction of sp³-hybridized carbons (Fsp3) is 0.389. The molecule has 1 atom stereocenters. The summed E-state index contributed by atoms with van der Waals surface area (Å²) in [5.41, 5.74) is 6.81. The molecule has 0 aliphatic heterocycles. The Morgan fingerprint density at radius 1 is 1.05 bits per heavy atom. The largest absolute Gasteiger partial charge is 0.310 e. The Labute approximate surface area is 122 Å². The molecule has 0 amide bonds. The molecule has 2 heteroatoms. The van der Waals surface area contributed by atoms with Crippen molar-refractivity contribution in [2.24, 2.45) is 0 Å². The summed E-state index contributed by atoms with van der Waals surface area (Å²) in [5, 5.41) is 3.61. The van der Waals surface area contributed by atoms with E-state index in [1.54, 1.807) is 0 Å². The second-order valence-corrected chi connectivity index (χ2v) is 5.42. The lowest BCUT2D eigenvalue weighted by Gasteiger charge is -2.22. The van der Waals surface area contributed by atoms with Crippen LogP contribution >= 0.6 is 0 Å². The standard InChI is InChI=1S/C18H24N2/c1-5-20-18(16-9-10-19-12-15(16)4)11-17-13(2)7-6-8-14(17)3/h6-10,12,18,20H,5,11H2,1-4H3. The molecule has 0 radical (unpaired) electrons. The Hall–Kier alpha value is -1.67. The second kappa shape index (κ2) is 6.67. The Bertz CT molecular complexity index is 555. The van der Waals surface area contributed by atoms with Gasteiger partial charge in [-0.1, -0.05) is 25.1 Å². The van der Waals surface area contributed by atoms with Crippen molar-refractivity contribution in [3.63, 3.8) is 0 Å². The lowest BCUT2D eigenvalue weighted by atomic mass is 9.92.